The van der Waals surface area contributed by atoms with Gasteiger partial charge in [-0.2, -0.15) is 4.99 Å². The molecule has 1 fully saturated rings. The van der Waals surface area contributed by atoms with Crippen LogP contribution in [0.15, 0.2) is 4.99 Å². The number of aliphatic hydroxyl groups is 2. The molecule has 4 atom stereocenters. The molecule has 2 heterocycles. The van der Waals surface area contributed by atoms with Crippen LogP contribution in [0.3, 0.4) is 0 Å². The molecule has 2 rings (SSSR count). The van der Waals surface area contributed by atoms with E-state index >= 15 is 0 Å². The van der Waals surface area contributed by atoms with Gasteiger partial charge in [0.05, 0.1) is 6.61 Å². The van der Waals surface area contributed by atoms with Crippen LogP contribution in [0, 0.1) is 0 Å². The number of nitrogens with zero attached hydrogens (tertiary/aromatic N) is 1. The Labute approximate surface area is 68.6 Å². The zero-order chi connectivity index (χ0) is 8.72. The van der Waals surface area contributed by atoms with E-state index in [1.807, 2.05) is 0 Å². The number of hydrogen-bond acceptors (Lipinski definition) is 6. The summed E-state index contributed by atoms with van der Waals surface area (Å²) in [5.74, 6) is 0. The average molecular weight is 174 g/mol. The molecule has 0 spiro atoms. The molecule has 6 heteroatoms. The minimum absolute atomic E-state index is 0.0282. The number of ether oxygens (including phenoxy) is 2. The second-order valence-corrected chi connectivity index (χ2v) is 2.79. The molecule has 2 aliphatic heterocycles. The van der Waals surface area contributed by atoms with Crippen LogP contribution >= 0.6 is 0 Å². The number of aliphatic imine (C=N–C) groups is 1. The van der Waals surface area contributed by atoms with E-state index in [2.05, 4.69) is 4.99 Å². The summed E-state index contributed by atoms with van der Waals surface area (Å²) in [5, 5.41) is 18.2. The lowest BCUT2D eigenvalue weighted by atomic mass is 10.1. The maximum Gasteiger partial charge on any atom is 0.285 e. The maximum absolute atomic E-state index is 9.44. The molecule has 0 radical (unpaired) electrons. The summed E-state index contributed by atoms with van der Waals surface area (Å²) < 4.78 is 10.1. The smallest absolute Gasteiger partial charge is 0.285 e. The monoisotopic (exact) mass is 174 g/mol. The van der Waals surface area contributed by atoms with Gasteiger partial charge in [-0.15, -0.1) is 0 Å². The summed E-state index contributed by atoms with van der Waals surface area (Å²) in [6, 6.07) is 0.0282. The molecule has 12 heavy (non-hydrogen) atoms. The van der Waals surface area contributed by atoms with Gasteiger partial charge in [0, 0.05) is 0 Å². The first kappa shape index (κ1) is 7.78. The Morgan fingerprint density at radius 1 is 1.58 bits per heavy atom. The minimum atomic E-state index is -0.857. The van der Waals surface area contributed by atoms with Gasteiger partial charge in [-0.05, 0) is 0 Å². The number of nitrogens with two attached hydrogens (primary N) is 1. The van der Waals surface area contributed by atoms with E-state index in [1.165, 1.54) is 0 Å². The Balaban J connectivity index is 2.10. The van der Waals surface area contributed by atoms with Gasteiger partial charge < -0.3 is 25.4 Å². The van der Waals surface area contributed by atoms with E-state index in [4.69, 9.17) is 20.3 Å². The highest BCUT2D eigenvalue weighted by Gasteiger charge is 2.48. The molecule has 0 aromatic heterocycles. The summed E-state index contributed by atoms with van der Waals surface area (Å²) in [4.78, 5) is 3.78. The van der Waals surface area contributed by atoms with Crippen molar-refractivity contribution < 1.29 is 19.7 Å². The lowest BCUT2D eigenvalue weighted by Crippen LogP contribution is -2.35. The molecule has 4 N–H and O–H groups in total. The standard InChI is InChI=1S/C6H10N2O4/c7-6-8-5-4(12-6)3(10)2(1-9)11-5/h2-5,9-10H,1H2,(H2,7,8)/t2-,3+,4-,5-/m1/s1. The van der Waals surface area contributed by atoms with Crippen LogP contribution in [0.1, 0.15) is 0 Å². The Morgan fingerprint density at radius 3 is 2.92 bits per heavy atom. The summed E-state index contributed by atoms with van der Waals surface area (Å²) in [5.41, 5.74) is 5.25. The van der Waals surface area contributed by atoms with Crippen LogP contribution in [0.2, 0.25) is 0 Å². The molecule has 2 aliphatic rings. The third-order valence-corrected chi connectivity index (χ3v) is 2.00. The highest BCUT2D eigenvalue weighted by molar-refractivity contribution is 5.73. The fraction of sp³-hybridized carbons (Fsp3) is 0.833. The van der Waals surface area contributed by atoms with Crippen molar-refractivity contribution in [2.24, 2.45) is 10.7 Å². The summed E-state index contributed by atoms with van der Waals surface area (Å²) >= 11 is 0. The third-order valence-electron chi connectivity index (χ3n) is 2.00. The van der Waals surface area contributed by atoms with Crippen LogP contribution in [-0.4, -0.2) is 47.4 Å². The van der Waals surface area contributed by atoms with Crippen molar-refractivity contribution >= 4 is 6.02 Å². The summed E-state index contributed by atoms with van der Waals surface area (Å²) in [7, 11) is 0. The van der Waals surface area contributed by atoms with E-state index < -0.39 is 24.5 Å². The molecule has 0 bridgehead atoms. The normalized spacial score (nSPS) is 45.3. The Bertz CT molecular complexity index is 220. The predicted octanol–water partition coefficient (Wildman–Crippen LogP) is -2.22. The van der Waals surface area contributed by atoms with Crippen LogP contribution in [0.5, 0.6) is 0 Å². The quantitative estimate of drug-likeness (QED) is 0.418. The van der Waals surface area contributed by atoms with Crippen LogP contribution in [-0.2, 0) is 9.47 Å². The topological polar surface area (TPSA) is 97.3 Å². The SMILES string of the molecule is NC1=N[C@@H]2O[C@H](CO)[C@H](O)[C@H]2O1. The van der Waals surface area contributed by atoms with Crippen molar-refractivity contribution in [3.05, 3.63) is 0 Å². The highest BCUT2D eigenvalue weighted by Crippen LogP contribution is 2.28. The number of rotatable bonds is 1. The van der Waals surface area contributed by atoms with Crippen molar-refractivity contribution in [2.75, 3.05) is 6.61 Å². The van der Waals surface area contributed by atoms with Gasteiger partial charge in [0.1, 0.15) is 12.2 Å². The maximum atomic E-state index is 9.44. The molecular weight excluding hydrogens is 164 g/mol. The first-order valence-corrected chi connectivity index (χ1v) is 3.66. The van der Waals surface area contributed by atoms with Crippen LogP contribution in [0.4, 0.5) is 0 Å². The Hall–Kier alpha value is -0.850. The van der Waals surface area contributed by atoms with Gasteiger partial charge in [0.2, 0.25) is 0 Å². The third kappa shape index (κ3) is 0.961. The Kier molecular flexibility index (Phi) is 1.67. The lowest BCUT2D eigenvalue weighted by Gasteiger charge is -2.13. The van der Waals surface area contributed by atoms with Crippen molar-refractivity contribution in [1.82, 2.24) is 0 Å². The number of hydrogen-bond donors (Lipinski definition) is 3. The molecule has 68 valence electrons. The molecule has 0 aromatic rings. The minimum Gasteiger partial charge on any atom is -0.454 e. The van der Waals surface area contributed by atoms with Crippen molar-refractivity contribution in [1.29, 1.82) is 0 Å². The van der Waals surface area contributed by atoms with Gasteiger partial charge in [0.25, 0.3) is 6.02 Å². The fourth-order valence-electron chi connectivity index (χ4n) is 1.40. The van der Waals surface area contributed by atoms with Crippen molar-refractivity contribution in [3.8, 4) is 0 Å². The number of fused-ring (bicyclic) bond motifs is 1. The zero-order valence-electron chi connectivity index (χ0n) is 6.25. The van der Waals surface area contributed by atoms with Crippen molar-refractivity contribution in [3.63, 3.8) is 0 Å². The fourth-order valence-corrected chi connectivity index (χ4v) is 1.40. The Morgan fingerprint density at radius 2 is 2.33 bits per heavy atom. The molecule has 1 saturated heterocycles. The molecule has 0 amide bonds. The second-order valence-electron chi connectivity index (χ2n) is 2.79. The van der Waals surface area contributed by atoms with E-state index in [9.17, 15) is 5.11 Å². The van der Waals surface area contributed by atoms with E-state index in [-0.39, 0.29) is 12.6 Å². The molecule has 0 aliphatic carbocycles. The predicted molar refractivity (Wildman–Crippen MR) is 38.2 cm³/mol. The van der Waals surface area contributed by atoms with Gasteiger partial charge in [-0.3, -0.25) is 0 Å². The van der Waals surface area contributed by atoms with Gasteiger partial charge >= 0.3 is 0 Å². The largest absolute Gasteiger partial charge is 0.454 e. The number of aliphatic hydroxyl groups excluding tert-OH is 2. The van der Waals surface area contributed by atoms with Crippen LogP contribution < -0.4 is 5.73 Å². The first-order valence-electron chi connectivity index (χ1n) is 3.66. The first-order chi connectivity index (χ1) is 5.72. The number of amidine groups is 1. The average Bonchev–Trinajstić information content (AvgIpc) is 2.51. The summed E-state index contributed by atoms with van der Waals surface area (Å²) in [6.07, 6.45) is -2.58. The zero-order valence-corrected chi connectivity index (χ0v) is 6.25. The molecule has 6 nitrogen and oxygen atoms in total. The van der Waals surface area contributed by atoms with E-state index in [1.54, 1.807) is 0 Å². The summed E-state index contributed by atoms with van der Waals surface area (Å²) in [6.45, 7) is -0.243. The molecule has 0 unspecified atom stereocenters. The van der Waals surface area contributed by atoms with Crippen LogP contribution in [0.25, 0.3) is 0 Å². The van der Waals surface area contributed by atoms with Crippen molar-refractivity contribution in [2.45, 2.75) is 24.5 Å². The lowest BCUT2D eigenvalue weighted by molar-refractivity contribution is -0.0206. The molecule has 0 aromatic carbocycles. The van der Waals surface area contributed by atoms with E-state index in [0.29, 0.717) is 0 Å². The van der Waals surface area contributed by atoms with Gasteiger partial charge in [-0.25, -0.2) is 0 Å². The van der Waals surface area contributed by atoms with Gasteiger partial charge in [-0.1, -0.05) is 0 Å². The van der Waals surface area contributed by atoms with Gasteiger partial charge in [0.15, 0.2) is 12.3 Å². The van der Waals surface area contributed by atoms with E-state index in [0.717, 1.165) is 0 Å². The molecule has 0 saturated carbocycles. The second kappa shape index (κ2) is 2.58. The molecular formula is C6H10N2O4. The highest BCUT2D eigenvalue weighted by atomic mass is 16.6.